The first-order valence-electron chi connectivity index (χ1n) is 6.31. The van der Waals surface area contributed by atoms with E-state index in [2.05, 4.69) is 4.84 Å². The number of aromatic carboxylic acids is 1. The number of hydrogen-bond acceptors (Lipinski definition) is 6. The summed E-state index contributed by atoms with van der Waals surface area (Å²) in [6.45, 7) is -0.0100. The lowest BCUT2D eigenvalue weighted by Gasteiger charge is -2.07. The molecule has 0 atom stereocenters. The third kappa shape index (κ3) is 6.37. The van der Waals surface area contributed by atoms with Gasteiger partial charge in [0.25, 0.3) is 5.09 Å². The highest BCUT2D eigenvalue weighted by Crippen LogP contribution is 2.18. The molecule has 1 rings (SSSR count). The second-order valence-electron chi connectivity index (χ2n) is 4.14. The van der Waals surface area contributed by atoms with E-state index < -0.39 is 17.0 Å². The third-order valence-electron chi connectivity index (χ3n) is 2.56. The second-order valence-corrected chi connectivity index (χ2v) is 4.14. The molecular weight excluding hydrogens is 282 g/mol. The van der Waals surface area contributed by atoms with Gasteiger partial charge in [-0.3, -0.25) is 4.79 Å². The van der Waals surface area contributed by atoms with Gasteiger partial charge in [0.05, 0.1) is 6.61 Å². The molecule has 0 spiro atoms. The molecule has 0 aromatic heterocycles. The van der Waals surface area contributed by atoms with E-state index >= 15 is 0 Å². The quantitative estimate of drug-likeness (QED) is 0.244. The number of carbonyl (C=O) groups is 2. The maximum absolute atomic E-state index is 11.6. The van der Waals surface area contributed by atoms with Gasteiger partial charge in [-0.2, -0.15) is 0 Å². The van der Waals surface area contributed by atoms with Gasteiger partial charge >= 0.3 is 11.9 Å². The van der Waals surface area contributed by atoms with Gasteiger partial charge in [-0.05, 0) is 25.0 Å². The van der Waals surface area contributed by atoms with Gasteiger partial charge in [0.15, 0.2) is 0 Å². The number of carboxylic acids is 1. The molecule has 0 aliphatic heterocycles. The highest BCUT2D eigenvalue weighted by molar-refractivity contribution is 5.91. The highest BCUT2D eigenvalue weighted by atomic mass is 16.9. The molecule has 8 nitrogen and oxygen atoms in total. The van der Waals surface area contributed by atoms with Gasteiger partial charge in [0.1, 0.15) is 11.3 Å². The summed E-state index contributed by atoms with van der Waals surface area (Å²) in [4.78, 5) is 36.5. The summed E-state index contributed by atoms with van der Waals surface area (Å²) in [6.07, 6.45) is 1.62. The largest absolute Gasteiger partial charge is 0.478 e. The highest BCUT2D eigenvalue weighted by Gasteiger charge is 2.13. The van der Waals surface area contributed by atoms with Crippen LogP contribution in [0.1, 0.15) is 36.0 Å². The van der Waals surface area contributed by atoms with Gasteiger partial charge in [-0.15, -0.1) is 10.1 Å². The Morgan fingerprint density at radius 2 is 1.90 bits per heavy atom. The summed E-state index contributed by atoms with van der Waals surface area (Å²) in [5.41, 5.74) is -0.0785. The molecule has 0 heterocycles. The zero-order chi connectivity index (χ0) is 15.7. The van der Waals surface area contributed by atoms with Gasteiger partial charge in [-0.1, -0.05) is 18.6 Å². The summed E-state index contributed by atoms with van der Waals surface area (Å²) < 4.78 is 4.99. The van der Waals surface area contributed by atoms with Crippen LogP contribution >= 0.6 is 0 Å². The zero-order valence-electron chi connectivity index (χ0n) is 11.2. The maximum Gasteiger partial charge on any atom is 0.339 e. The standard InChI is InChI=1S/C13H15NO7/c15-12(8-2-1-5-9-20-14(18)19)21-11-7-4-3-6-10(11)13(16)17/h3-4,6-7H,1-2,5,8-9H2,(H,16,17). The van der Waals surface area contributed by atoms with E-state index in [1.54, 1.807) is 6.07 Å². The first-order chi connectivity index (χ1) is 10.0. The summed E-state index contributed by atoms with van der Waals surface area (Å²) in [6, 6.07) is 5.87. The number of unbranched alkanes of at least 4 members (excludes halogenated alkanes) is 2. The predicted molar refractivity (Wildman–Crippen MR) is 70.5 cm³/mol. The van der Waals surface area contributed by atoms with Crippen molar-refractivity contribution in [2.75, 3.05) is 6.61 Å². The van der Waals surface area contributed by atoms with Gasteiger partial charge in [0.2, 0.25) is 0 Å². The van der Waals surface area contributed by atoms with Crippen LogP contribution in [0.25, 0.3) is 0 Å². The number of nitrogens with zero attached hydrogens (tertiary/aromatic N) is 1. The van der Waals surface area contributed by atoms with Crippen LogP contribution in [0.4, 0.5) is 0 Å². The molecule has 0 radical (unpaired) electrons. The molecule has 1 N–H and O–H groups in total. The normalized spacial score (nSPS) is 9.90. The zero-order valence-corrected chi connectivity index (χ0v) is 11.2. The third-order valence-corrected chi connectivity index (χ3v) is 2.56. The topological polar surface area (TPSA) is 116 Å². The molecule has 0 fully saturated rings. The number of ether oxygens (including phenoxy) is 1. The first-order valence-corrected chi connectivity index (χ1v) is 6.31. The Balaban J connectivity index is 2.31. The van der Waals surface area contributed by atoms with Crippen molar-refractivity contribution < 1.29 is 29.4 Å². The van der Waals surface area contributed by atoms with Crippen LogP contribution in [0.5, 0.6) is 5.75 Å². The Kier molecular flexibility index (Phi) is 6.66. The summed E-state index contributed by atoms with van der Waals surface area (Å²) in [5.74, 6) is -1.71. The molecule has 21 heavy (non-hydrogen) atoms. The molecule has 0 saturated heterocycles. The summed E-state index contributed by atoms with van der Waals surface area (Å²) in [7, 11) is 0. The van der Waals surface area contributed by atoms with Crippen molar-refractivity contribution in [1.82, 2.24) is 0 Å². The van der Waals surface area contributed by atoms with Crippen LogP contribution in [-0.2, 0) is 9.63 Å². The molecule has 114 valence electrons. The second kappa shape index (κ2) is 8.51. The smallest absolute Gasteiger partial charge is 0.339 e. The molecule has 1 aromatic rings. The van der Waals surface area contributed by atoms with Crippen molar-refractivity contribution in [3.63, 3.8) is 0 Å². The number of carboxylic acid groups (broad SMARTS) is 1. The van der Waals surface area contributed by atoms with Crippen LogP contribution in [0.3, 0.4) is 0 Å². The Bertz CT molecular complexity index is 515. The number of para-hydroxylation sites is 1. The number of hydrogen-bond donors (Lipinski definition) is 1. The van der Waals surface area contributed by atoms with Crippen molar-refractivity contribution in [2.24, 2.45) is 0 Å². The number of benzene rings is 1. The minimum atomic E-state index is -1.17. The monoisotopic (exact) mass is 297 g/mol. The number of rotatable bonds is 9. The van der Waals surface area contributed by atoms with E-state index in [1.165, 1.54) is 18.2 Å². The van der Waals surface area contributed by atoms with Gasteiger partial charge < -0.3 is 14.7 Å². The Labute approximate surface area is 120 Å². The molecule has 0 unspecified atom stereocenters. The van der Waals surface area contributed by atoms with Crippen LogP contribution in [-0.4, -0.2) is 28.7 Å². The van der Waals surface area contributed by atoms with Crippen molar-refractivity contribution in [3.05, 3.63) is 39.9 Å². The molecule has 8 heteroatoms. The molecular formula is C13H15NO7. The Morgan fingerprint density at radius 3 is 2.57 bits per heavy atom. The van der Waals surface area contributed by atoms with Crippen molar-refractivity contribution >= 4 is 11.9 Å². The van der Waals surface area contributed by atoms with E-state index in [4.69, 9.17) is 9.84 Å². The fraction of sp³-hybridized carbons (Fsp3) is 0.385. The summed E-state index contributed by atoms with van der Waals surface area (Å²) in [5, 5.41) is 18.0. The Morgan fingerprint density at radius 1 is 1.19 bits per heavy atom. The predicted octanol–water partition coefficient (Wildman–Crippen LogP) is 2.06. The van der Waals surface area contributed by atoms with Crippen molar-refractivity contribution in [3.8, 4) is 5.75 Å². The van der Waals surface area contributed by atoms with Crippen LogP contribution in [0.2, 0.25) is 0 Å². The molecule has 1 aromatic carbocycles. The van der Waals surface area contributed by atoms with E-state index in [0.29, 0.717) is 19.3 Å². The maximum atomic E-state index is 11.6. The van der Waals surface area contributed by atoms with E-state index in [9.17, 15) is 19.7 Å². The van der Waals surface area contributed by atoms with Crippen LogP contribution in [0.15, 0.2) is 24.3 Å². The van der Waals surface area contributed by atoms with E-state index in [1.807, 2.05) is 0 Å². The Hall–Kier alpha value is -2.64. The molecule has 0 bridgehead atoms. The molecule has 0 aliphatic rings. The van der Waals surface area contributed by atoms with E-state index in [-0.39, 0.29) is 24.3 Å². The lowest BCUT2D eigenvalue weighted by molar-refractivity contribution is -0.757. The fourth-order valence-electron chi connectivity index (χ4n) is 1.59. The molecule has 0 amide bonds. The van der Waals surface area contributed by atoms with Crippen molar-refractivity contribution in [2.45, 2.75) is 25.7 Å². The average Bonchev–Trinajstić information content (AvgIpc) is 2.42. The van der Waals surface area contributed by atoms with E-state index in [0.717, 1.165) is 0 Å². The number of esters is 1. The van der Waals surface area contributed by atoms with Gasteiger partial charge in [-0.25, -0.2) is 4.79 Å². The minimum absolute atomic E-state index is 0.00619. The van der Waals surface area contributed by atoms with Crippen LogP contribution < -0.4 is 4.74 Å². The average molecular weight is 297 g/mol. The van der Waals surface area contributed by atoms with Crippen LogP contribution in [0, 0.1) is 10.1 Å². The molecule has 0 saturated carbocycles. The minimum Gasteiger partial charge on any atom is -0.478 e. The van der Waals surface area contributed by atoms with Gasteiger partial charge in [0, 0.05) is 6.42 Å². The van der Waals surface area contributed by atoms with Crippen molar-refractivity contribution in [1.29, 1.82) is 0 Å². The fourth-order valence-corrected chi connectivity index (χ4v) is 1.59. The SMILES string of the molecule is O=C(CCCCCO[N+](=O)[O-])Oc1ccccc1C(=O)O. The lowest BCUT2D eigenvalue weighted by Crippen LogP contribution is -2.11. The first kappa shape index (κ1) is 16.4. The summed E-state index contributed by atoms with van der Waals surface area (Å²) >= 11 is 0. The lowest BCUT2D eigenvalue weighted by atomic mass is 10.2. The molecule has 0 aliphatic carbocycles. The number of carbonyl (C=O) groups excluding carboxylic acids is 1.